The molecule has 1 atom stereocenters. The number of carboxylic acids is 1. The zero-order valence-corrected chi connectivity index (χ0v) is 24.7. The van der Waals surface area contributed by atoms with Gasteiger partial charge < -0.3 is 20.1 Å². The Morgan fingerprint density at radius 3 is 2.31 bits per heavy atom. The number of aliphatic carboxylic acids is 1. The van der Waals surface area contributed by atoms with Gasteiger partial charge >= 0.3 is 18.9 Å². The number of aryl methyl sites for hydroxylation is 1. The number of halogens is 2. The van der Waals surface area contributed by atoms with Gasteiger partial charge in [0.05, 0.1) is 12.0 Å². The Bertz CT molecular complexity index is 1520. The standard InChI is InChI=1S/C33H32F2N2O3S.Li/c1-22-9-6-7-13-26(22)28-19-23(15-16-27(28)32(38)36-30(33(39)40)17-18-41-2)20-37(25-11-4-3-5-12-25)21-24-10-8-14-29(34)31(24)35;/h3-16,19,30H,17-18,20-21H2,1-2H3,(H,36,38)(H,39,40);/q;+1/p-1. The summed E-state index contributed by atoms with van der Waals surface area (Å²) in [5, 5.41) is 14.3. The second-order valence-corrected chi connectivity index (χ2v) is 10.7. The molecule has 1 amide bonds. The van der Waals surface area contributed by atoms with Crippen molar-refractivity contribution in [3.05, 3.63) is 125 Å². The van der Waals surface area contributed by atoms with Gasteiger partial charge in [-0.05, 0) is 77.9 Å². The summed E-state index contributed by atoms with van der Waals surface area (Å²) in [6.45, 7) is 2.41. The molecule has 212 valence electrons. The van der Waals surface area contributed by atoms with Gasteiger partial charge in [-0.25, -0.2) is 8.78 Å². The van der Waals surface area contributed by atoms with E-state index in [9.17, 15) is 23.5 Å². The number of thioether (sulfide) groups is 1. The SMILES string of the molecule is CSCCC(NC(=O)c1ccc(CN(Cc2cccc(F)c2F)c2ccccc2)cc1-c1ccccc1C)C(=O)[O-].[Li+]. The van der Waals surface area contributed by atoms with Crippen molar-refractivity contribution in [1.29, 1.82) is 0 Å². The van der Waals surface area contributed by atoms with Crippen LogP contribution in [0.1, 0.15) is 33.5 Å². The molecule has 0 bridgehead atoms. The summed E-state index contributed by atoms with van der Waals surface area (Å²) >= 11 is 1.49. The summed E-state index contributed by atoms with van der Waals surface area (Å²) in [5.41, 5.74) is 4.63. The first-order valence-corrected chi connectivity index (χ1v) is 14.6. The van der Waals surface area contributed by atoms with Crippen LogP contribution in [-0.4, -0.2) is 29.9 Å². The van der Waals surface area contributed by atoms with Gasteiger partial charge in [-0.2, -0.15) is 11.8 Å². The molecule has 4 rings (SSSR count). The molecule has 5 nitrogen and oxygen atoms in total. The average molecular weight is 581 g/mol. The fourth-order valence-electron chi connectivity index (χ4n) is 4.68. The maximum atomic E-state index is 14.6. The molecule has 1 unspecified atom stereocenters. The molecule has 0 aliphatic carbocycles. The van der Waals surface area contributed by atoms with Gasteiger partial charge in [-0.3, -0.25) is 4.79 Å². The average Bonchev–Trinajstić information content (AvgIpc) is 2.97. The third-order valence-corrected chi connectivity index (χ3v) is 7.50. The van der Waals surface area contributed by atoms with E-state index in [0.717, 1.165) is 28.4 Å². The largest absolute Gasteiger partial charge is 1.00 e. The van der Waals surface area contributed by atoms with Gasteiger partial charge in [0, 0.05) is 29.9 Å². The van der Waals surface area contributed by atoms with Crippen LogP contribution in [0.3, 0.4) is 0 Å². The second-order valence-electron chi connectivity index (χ2n) is 9.73. The summed E-state index contributed by atoms with van der Waals surface area (Å²) in [6.07, 6.45) is 2.11. The maximum absolute atomic E-state index is 14.6. The normalized spacial score (nSPS) is 11.3. The molecule has 4 aromatic rings. The Balaban J connectivity index is 0.00000484. The molecule has 0 heterocycles. The molecular weight excluding hydrogens is 549 g/mol. The molecule has 4 aromatic carbocycles. The van der Waals surface area contributed by atoms with E-state index >= 15 is 0 Å². The number of benzene rings is 4. The van der Waals surface area contributed by atoms with Crippen molar-refractivity contribution < 1.29 is 42.3 Å². The van der Waals surface area contributed by atoms with Gasteiger partial charge in [0.25, 0.3) is 5.91 Å². The minimum absolute atomic E-state index is 0. The number of hydrogen-bond acceptors (Lipinski definition) is 5. The minimum Gasteiger partial charge on any atom is -0.548 e. The Labute approximate surface area is 261 Å². The molecule has 0 aliphatic heterocycles. The van der Waals surface area contributed by atoms with Crippen molar-refractivity contribution in [3.8, 4) is 11.1 Å². The second kappa shape index (κ2) is 15.6. The van der Waals surface area contributed by atoms with Gasteiger partial charge in [0.2, 0.25) is 0 Å². The van der Waals surface area contributed by atoms with E-state index in [0.29, 0.717) is 23.4 Å². The molecule has 1 N–H and O–H groups in total. The van der Waals surface area contributed by atoms with Gasteiger partial charge in [-0.1, -0.05) is 60.7 Å². The molecule has 0 aliphatic rings. The van der Waals surface area contributed by atoms with Gasteiger partial charge in [-0.15, -0.1) is 0 Å². The fraction of sp³-hybridized carbons (Fsp3) is 0.212. The Morgan fingerprint density at radius 2 is 1.62 bits per heavy atom. The van der Waals surface area contributed by atoms with E-state index in [1.807, 2.05) is 78.7 Å². The van der Waals surface area contributed by atoms with Crippen LogP contribution in [0.5, 0.6) is 0 Å². The summed E-state index contributed by atoms with van der Waals surface area (Å²) in [7, 11) is 0. The third kappa shape index (κ3) is 8.25. The molecule has 9 heteroatoms. The summed E-state index contributed by atoms with van der Waals surface area (Å²) < 4.78 is 28.6. The number of carbonyl (C=O) groups excluding carboxylic acids is 2. The van der Waals surface area contributed by atoms with E-state index in [-0.39, 0.29) is 37.4 Å². The number of amides is 1. The molecule has 0 aromatic heterocycles. The molecule has 42 heavy (non-hydrogen) atoms. The number of carbonyl (C=O) groups is 2. The number of nitrogens with one attached hydrogen (secondary N) is 1. The van der Waals surface area contributed by atoms with Crippen LogP contribution < -0.4 is 34.2 Å². The van der Waals surface area contributed by atoms with Crippen molar-refractivity contribution in [3.63, 3.8) is 0 Å². The van der Waals surface area contributed by atoms with E-state index in [1.165, 1.54) is 17.8 Å². The molecule has 0 spiro atoms. The Kier molecular flexibility index (Phi) is 12.2. The van der Waals surface area contributed by atoms with Crippen LogP contribution in [-0.2, 0) is 17.9 Å². The summed E-state index contributed by atoms with van der Waals surface area (Å²) in [6, 6.07) is 25.5. The smallest absolute Gasteiger partial charge is 0.548 e. The Morgan fingerprint density at radius 1 is 0.905 bits per heavy atom. The van der Waals surface area contributed by atoms with Gasteiger partial charge in [0.1, 0.15) is 0 Å². The van der Waals surface area contributed by atoms with E-state index in [1.54, 1.807) is 18.2 Å². The number of carboxylic acid groups (broad SMARTS) is 1. The number of rotatable bonds is 12. The predicted octanol–water partition coefficient (Wildman–Crippen LogP) is 2.75. The minimum atomic E-state index is -1.33. The zero-order valence-electron chi connectivity index (χ0n) is 23.9. The Hall–Kier alpha value is -3.57. The van der Waals surface area contributed by atoms with Crippen LogP contribution >= 0.6 is 11.8 Å². The van der Waals surface area contributed by atoms with E-state index in [4.69, 9.17) is 0 Å². The quantitative estimate of drug-likeness (QED) is 0.261. The van der Waals surface area contributed by atoms with Crippen LogP contribution in [0, 0.1) is 18.6 Å². The first-order chi connectivity index (χ1) is 19.8. The van der Waals surface area contributed by atoms with E-state index < -0.39 is 29.6 Å². The van der Waals surface area contributed by atoms with Crippen molar-refractivity contribution in [2.45, 2.75) is 32.5 Å². The molecule has 0 saturated carbocycles. The molecule has 0 radical (unpaired) electrons. The van der Waals surface area contributed by atoms with E-state index in [2.05, 4.69) is 5.32 Å². The molecule has 0 fully saturated rings. The number of para-hydroxylation sites is 1. The first kappa shape index (κ1) is 32.9. The van der Waals surface area contributed by atoms with Crippen LogP contribution in [0.25, 0.3) is 11.1 Å². The maximum Gasteiger partial charge on any atom is 1.00 e. The van der Waals surface area contributed by atoms with Crippen molar-refractivity contribution in [2.75, 3.05) is 16.9 Å². The summed E-state index contributed by atoms with van der Waals surface area (Å²) in [4.78, 5) is 27.0. The van der Waals surface area contributed by atoms with Crippen LogP contribution in [0.4, 0.5) is 14.5 Å². The molecular formula is C33H31F2LiN2O3S. The van der Waals surface area contributed by atoms with Crippen LogP contribution in [0.2, 0.25) is 0 Å². The fourth-order valence-corrected chi connectivity index (χ4v) is 5.15. The monoisotopic (exact) mass is 580 g/mol. The number of hydrogen-bond donors (Lipinski definition) is 1. The van der Waals surface area contributed by atoms with Crippen molar-refractivity contribution in [2.24, 2.45) is 0 Å². The van der Waals surface area contributed by atoms with Gasteiger partial charge in [0.15, 0.2) is 11.6 Å². The topological polar surface area (TPSA) is 72.5 Å². The number of anilines is 1. The third-order valence-electron chi connectivity index (χ3n) is 6.85. The van der Waals surface area contributed by atoms with Crippen LogP contribution in [0.15, 0.2) is 91.0 Å². The first-order valence-electron chi connectivity index (χ1n) is 13.2. The zero-order chi connectivity index (χ0) is 29.4. The summed E-state index contributed by atoms with van der Waals surface area (Å²) in [5.74, 6) is -3.06. The number of nitrogens with zero attached hydrogens (tertiary/aromatic N) is 1. The van der Waals surface area contributed by atoms with Crippen molar-refractivity contribution in [1.82, 2.24) is 5.32 Å². The van der Waals surface area contributed by atoms with Crippen molar-refractivity contribution >= 4 is 29.3 Å². The predicted molar refractivity (Wildman–Crippen MR) is 159 cm³/mol. The molecule has 0 saturated heterocycles.